The molecule has 1 aromatic carbocycles. The molecule has 2 aliphatic rings. The summed E-state index contributed by atoms with van der Waals surface area (Å²) in [5.74, 6) is 1.35. The van der Waals surface area contributed by atoms with Crippen molar-refractivity contribution in [2.24, 2.45) is 5.92 Å². The first-order chi connectivity index (χ1) is 12.2. The lowest BCUT2D eigenvalue weighted by molar-refractivity contribution is -0.123. The Kier molecular flexibility index (Phi) is 4.26. The van der Waals surface area contributed by atoms with Gasteiger partial charge >= 0.3 is 0 Å². The van der Waals surface area contributed by atoms with E-state index in [1.54, 1.807) is 30.6 Å². The molecule has 1 aliphatic heterocycles. The van der Waals surface area contributed by atoms with Crippen molar-refractivity contribution in [1.29, 1.82) is 0 Å². The number of amides is 1. The zero-order valence-electron chi connectivity index (χ0n) is 14.0. The molecular formula is C19H22N4O2. The molecule has 1 saturated heterocycles. The van der Waals surface area contributed by atoms with Gasteiger partial charge in [0.15, 0.2) is 0 Å². The summed E-state index contributed by atoms with van der Waals surface area (Å²) in [5, 5.41) is 12.8. The van der Waals surface area contributed by atoms with Crippen LogP contribution in [0.5, 0.6) is 5.75 Å². The third-order valence-corrected chi connectivity index (χ3v) is 5.03. The van der Waals surface area contributed by atoms with E-state index < -0.39 is 0 Å². The van der Waals surface area contributed by atoms with E-state index in [-0.39, 0.29) is 29.5 Å². The minimum Gasteiger partial charge on any atom is -0.508 e. The summed E-state index contributed by atoms with van der Waals surface area (Å²) in [6.45, 7) is 1.67. The van der Waals surface area contributed by atoms with E-state index in [0.717, 1.165) is 43.9 Å². The van der Waals surface area contributed by atoms with E-state index >= 15 is 0 Å². The molecule has 1 saturated carbocycles. The van der Waals surface area contributed by atoms with Crippen LogP contribution in [0.3, 0.4) is 0 Å². The average molecular weight is 338 g/mol. The number of phenolic OH excluding ortho intramolecular Hbond substituents is 1. The molecular weight excluding hydrogens is 316 g/mol. The molecule has 0 unspecified atom stereocenters. The standard InChI is InChI=1S/C19H22N4O2/c24-15-6-1-4-13(10-15)16-11-17(16)18(25)22-14-5-2-9-23(12-14)19-20-7-3-8-21-19/h1,3-4,6-8,10,14,16-17,24H,2,5,9,11-12H2,(H,22,25)/t14-,16+,17-/m0/s1. The molecule has 130 valence electrons. The van der Waals surface area contributed by atoms with Crippen molar-refractivity contribution in [2.75, 3.05) is 18.0 Å². The van der Waals surface area contributed by atoms with Gasteiger partial charge in [0, 0.05) is 37.4 Å². The molecule has 6 nitrogen and oxygen atoms in total. The van der Waals surface area contributed by atoms with E-state index in [1.807, 2.05) is 12.1 Å². The molecule has 2 heterocycles. The second-order valence-electron chi connectivity index (χ2n) is 6.89. The molecule has 0 spiro atoms. The third-order valence-electron chi connectivity index (χ3n) is 5.03. The Balaban J connectivity index is 1.34. The first-order valence-electron chi connectivity index (χ1n) is 8.82. The van der Waals surface area contributed by atoms with Gasteiger partial charge in [-0.1, -0.05) is 12.1 Å². The molecule has 25 heavy (non-hydrogen) atoms. The number of nitrogens with zero attached hydrogens (tertiary/aromatic N) is 3. The molecule has 1 aromatic heterocycles. The molecule has 1 aliphatic carbocycles. The molecule has 0 bridgehead atoms. The predicted molar refractivity (Wildman–Crippen MR) is 94.4 cm³/mol. The molecule has 6 heteroatoms. The number of phenols is 1. The molecule has 2 N–H and O–H groups in total. The van der Waals surface area contributed by atoms with Crippen molar-refractivity contribution in [3.05, 3.63) is 48.3 Å². The lowest BCUT2D eigenvalue weighted by Gasteiger charge is -2.33. The lowest BCUT2D eigenvalue weighted by Crippen LogP contribution is -2.48. The summed E-state index contributed by atoms with van der Waals surface area (Å²) < 4.78 is 0. The second-order valence-corrected chi connectivity index (χ2v) is 6.89. The molecule has 0 radical (unpaired) electrons. The van der Waals surface area contributed by atoms with E-state index in [1.165, 1.54) is 0 Å². The van der Waals surface area contributed by atoms with Crippen LogP contribution < -0.4 is 10.2 Å². The van der Waals surface area contributed by atoms with E-state index in [0.29, 0.717) is 0 Å². The summed E-state index contributed by atoms with van der Waals surface area (Å²) in [4.78, 5) is 23.3. The van der Waals surface area contributed by atoms with Gasteiger partial charge in [0.05, 0.1) is 0 Å². The number of rotatable bonds is 4. The number of nitrogens with one attached hydrogen (secondary N) is 1. The van der Waals surface area contributed by atoms with Crippen molar-refractivity contribution in [3.63, 3.8) is 0 Å². The SMILES string of the molecule is O=C(N[C@H]1CCCN(c2ncccn2)C1)[C@H]1C[C@@H]1c1cccc(O)c1. The van der Waals surface area contributed by atoms with Crippen LogP contribution in [0, 0.1) is 5.92 Å². The van der Waals surface area contributed by atoms with Crippen LogP contribution in [0.15, 0.2) is 42.7 Å². The number of hydrogen-bond acceptors (Lipinski definition) is 5. The Morgan fingerprint density at radius 2 is 2.08 bits per heavy atom. The number of aromatic nitrogens is 2. The maximum atomic E-state index is 12.6. The van der Waals surface area contributed by atoms with Gasteiger partial charge in [-0.15, -0.1) is 0 Å². The summed E-state index contributed by atoms with van der Waals surface area (Å²) >= 11 is 0. The largest absolute Gasteiger partial charge is 0.508 e. The number of aromatic hydroxyl groups is 1. The molecule has 1 amide bonds. The van der Waals surface area contributed by atoms with Crippen LogP contribution in [0.2, 0.25) is 0 Å². The van der Waals surface area contributed by atoms with Gasteiger partial charge in [0.2, 0.25) is 11.9 Å². The van der Waals surface area contributed by atoms with Gasteiger partial charge in [0.25, 0.3) is 0 Å². The maximum Gasteiger partial charge on any atom is 0.225 e. The van der Waals surface area contributed by atoms with Crippen LogP contribution in [0.1, 0.15) is 30.7 Å². The summed E-state index contributed by atoms with van der Waals surface area (Å²) in [6, 6.07) is 9.16. The Hall–Kier alpha value is -2.63. The van der Waals surface area contributed by atoms with Crippen LogP contribution in [0.4, 0.5) is 5.95 Å². The van der Waals surface area contributed by atoms with Gasteiger partial charge in [-0.25, -0.2) is 9.97 Å². The Morgan fingerprint density at radius 3 is 2.88 bits per heavy atom. The van der Waals surface area contributed by atoms with E-state index in [2.05, 4.69) is 20.2 Å². The molecule has 2 aromatic rings. The smallest absolute Gasteiger partial charge is 0.225 e. The highest BCUT2D eigenvalue weighted by Gasteiger charge is 2.44. The van der Waals surface area contributed by atoms with Gasteiger partial charge in [0.1, 0.15) is 5.75 Å². The quantitative estimate of drug-likeness (QED) is 0.892. The van der Waals surface area contributed by atoms with Crippen molar-refractivity contribution in [1.82, 2.24) is 15.3 Å². The van der Waals surface area contributed by atoms with Crippen LogP contribution in [-0.2, 0) is 4.79 Å². The summed E-state index contributed by atoms with van der Waals surface area (Å²) in [7, 11) is 0. The molecule has 3 atom stereocenters. The zero-order valence-corrected chi connectivity index (χ0v) is 14.0. The van der Waals surface area contributed by atoms with E-state index in [4.69, 9.17) is 0 Å². The lowest BCUT2D eigenvalue weighted by atomic mass is 10.0. The third kappa shape index (κ3) is 3.57. The van der Waals surface area contributed by atoms with Crippen LogP contribution >= 0.6 is 0 Å². The van der Waals surface area contributed by atoms with Gasteiger partial charge < -0.3 is 15.3 Å². The normalized spacial score (nSPS) is 25.4. The van der Waals surface area contributed by atoms with E-state index in [9.17, 15) is 9.90 Å². The first kappa shape index (κ1) is 15.9. The molecule has 2 fully saturated rings. The minimum absolute atomic E-state index is 0.0187. The van der Waals surface area contributed by atoms with Gasteiger partial charge in [-0.05, 0) is 48.9 Å². The fraction of sp³-hybridized carbons (Fsp3) is 0.421. The van der Waals surface area contributed by atoms with Crippen molar-refractivity contribution < 1.29 is 9.90 Å². The Bertz CT molecular complexity index is 752. The topological polar surface area (TPSA) is 78.4 Å². The number of carbonyl (C=O) groups is 1. The highest BCUT2D eigenvalue weighted by molar-refractivity contribution is 5.83. The summed E-state index contributed by atoms with van der Waals surface area (Å²) in [6.07, 6.45) is 6.35. The fourth-order valence-electron chi connectivity index (χ4n) is 3.65. The number of hydrogen-bond donors (Lipinski definition) is 2. The Labute approximate surface area is 146 Å². The van der Waals surface area contributed by atoms with Crippen molar-refractivity contribution in [2.45, 2.75) is 31.2 Å². The highest BCUT2D eigenvalue weighted by Crippen LogP contribution is 2.48. The highest BCUT2D eigenvalue weighted by atomic mass is 16.3. The number of piperidine rings is 1. The van der Waals surface area contributed by atoms with Crippen molar-refractivity contribution in [3.8, 4) is 5.75 Å². The van der Waals surface area contributed by atoms with Gasteiger partial charge in [-0.3, -0.25) is 4.79 Å². The Morgan fingerprint density at radius 1 is 1.24 bits per heavy atom. The first-order valence-corrected chi connectivity index (χ1v) is 8.82. The summed E-state index contributed by atoms with van der Waals surface area (Å²) in [5.41, 5.74) is 1.04. The second kappa shape index (κ2) is 6.70. The monoisotopic (exact) mass is 338 g/mol. The molecule has 4 rings (SSSR count). The number of benzene rings is 1. The minimum atomic E-state index is 0.0187. The van der Waals surface area contributed by atoms with Crippen LogP contribution in [-0.4, -0.2) is 40.1 Å². The predicted octanol–water partition coefficient (Wildman–Crippen LogP) is 2.07. The fourth-order valence-corrected chi connectivity index (χ4v) is 3.65. The van der Waals surface area contributed by atoms with Gasteiger partial charge in [-0.2, -0.15) is 0 Å². The zero-order chi connectivity index (χ0) is 17.2. The average Bonchev–Trinajstić information content (AvgIpc) is 3.44. The maximum absolute atomic E-state index is 12.6. The van der Waals surface area contributed by atoms with Crippen molar-refractivity contribution >= 4 is 11.9 Å². The van der Waals surface area contributed by atoms with Crippen LogP contribution in [0.25, 0.3) is 0 Å². The number of anilines is 1. The number of carbonyl (C=O) groups excluding carboxylic acids is 1.